The summed E-state index contributed by atoms with van der Waals surface area (Å²) in [6.07, 6.45) is 7.47. The topological polar surface area (TPSA) is 117 Å². The highest BCUT2D eigenvalue weighted by Crippen LogP contribution is 2.47. The highest BCUT2D eigenvalue weighted by molar-refractivity contribution is 5.87. The number of likely N-dealkylation sites (N-methyl/N-ethyl adjacent to an activating group) is 1. The third-order valence-corrected chi connectivity index (χ3v) is 8.92. The first kappa shape index (κ1) is 28.7. The molecule has 42 heavy (non-hydrogen) atoms. The summed E-state index contributed by atoms with van der Waals surface area (Å²) >= 11 is 0. The number of nitrogens with one attached hydrogen (secondary N) is 2. The van der Waals surface area contributed by atoms with E-state index >= 15 is 0 Å². The van der Waals surface area contributed by atoms with Crippen LogP contribution in [0.1, 0.15) is 44.6 Å². The summed E-state index contributed by atoms with van der Waals surface area (Å²) in [5.41, 5.74) is 1.99. The van der Waals surface area contributed by atoms with Crippen molar-refractivity contribution in [1.29, 1.82) is 0 Å². The minimum atomic E-state index is -0.272. The Bertz CT molecular complexity index is 1310. The predicted octanol–water partition coefficient (Wildman–Crippen LogP) is 2.64. The molecule has 12 nitrogen and oxygen atoms in total. The lowest BCUT2D eigenvalue weighted by atomic mass is 10.1. The molecule has 2 amide bonds. The number of rotatable bonds is 9. The van der Waals surface area contributed by atoms with Crippen molar-refractivity contribution in [1.82, 2.24) is 29.3 Å². The zero-order valence-corrected chi connectivity index (χ0v) is 25.2. The maximum atomic E-state index is 13.0. The van der Waals surface area contributed by atoms with E-state index in [1.807, 2.05) is 40.7 Å². The smallest absolute Gasteiger partial charge is 0.410 e. The molecule has 3 saturated heterocycles. The summed E-state index contributed by atoms with van der Waals surface area (Å²) in [6, 6.07) is 2.68. The zero-order chi connectivity index (χ0) is 29.4. The molecule has 1 aliphatic carbocycles. The van der Waals surface area contributed by atoms with Gasteiger partial charge < -0.3 is 34.8 Å². The molecular formula is C30H44N8O4. The molecule has 0 spiro atoms. The van der Waals surface area contributed by atoms with E-state index in [2.05, 4.69) is 35.6 Å². The fourth-order valence-electron chi connectivity index (χ4n) is 6.39. The van der Waals surface area contributed by atoms with E-state index in [1.54, 1.807) is 11.0 Å². The van der Waals surface area contributed by atoms with Gasteiger partial charge in [0.25, 0.3) is 0 Å². The predicted molar refractivity (Wildman–Crippen MR) is 160 cm³/mol. The van der Waals surface area contributed by atoms with Crippen molar-refractivity contribution in [3.05, 3.63) is 30.0 Å². The van der Waals surface area contributed by atoms with E-state index in [0.717, 1.165) is 48.9 Å². The molecule has 12 heteroatoms. The molecule has 1 saturated carbocycles. The van der Waals surface area contributed by atoms with Crippen LogP contribution in [-0.4, -0.2) is 120 Å². The van der Waals surface area contributed by atoms with Crippen LogP contribution in [0.3, 0.4) is 0 Å². The molecule has 2 N–H and O–H groups in total. The number of carbonyl (C=O) groups is 2. The van der Waals surface area contributed by atoms with Gasteiger partial charge >= 0.3 is 6.09 Å². The molecule has 4 aliphatic rings. The number of fused-ring (bicyclic) bond motifs is 2. The van der Waals surface area contributed by atoms with Gasteiger partial charge in [-0.05, 0) is 32.9 Å². The number of piperidine rings is 1. The summed E-state index contributed by atoms with van der Waals surface area (Å²) in [6.45, 7) is 8.97. The molecule has 3 aliphatic heterocycles. The second-order valence-electron chi connectivity index (χ2n) is 12.7. The normalized spacial score (nSPS) is 26.0. The van der Waals surface area contributed by atoms with Crippen molar-refractivity contribution in [3.8, 4) is 0 Å². The summed E-state index contributed by atoms with van der Waals surface area (Å²) in [5.74, 6) is 2.80. The van der Waals surface area contributed by atoms with E-state index in [0.29, 0.717) is 62.9 Å². The van der Waals surface area contributed by atoms with Crippen LogP contribution in [0.2, 0.25) is 0 Å². The molecule has 6 rings (SSSR count). The number of carbonyl (C=O) groups excluding carboxylic acids is 2. The second-order valence-corrected chi connectivity index (χ2v) is 12.7. The molecular weight excluding hydrogens is 536 g/mol. The molecule has 228 valence electrons. The van der Waals surface area contributed by atoms with Gasteiger partial charge in [-0.2, -0.15) is 9.61 Å². The Morgan fingerprint density at radius 2 is 1.88 bits per heavy atom. The van der Waals surface area contributed by atoms with E-state index in [9.17, 15) is 9.59 Å². The van der Waals surface area contributed by atoms with E-state index in [4.69, 9.17) is 14.5 Å². The van der Waals surface area contributed by atoms with Gasteiger partial charge in [0.05, 0.1) is 12.7 Å². The fraction of sp³-hybridized carbons (Fsp3) is 0.667. The lowest BCUT2D eigenvalue weighted by Gasteiger charge is -2.24. The lowest BCUT2D eigenvalue weighted by molar-refractivity contribution is -0.125. The largest absolute Gasteiger partial charge is 0.444 e. The number of ether oxygens (including phenoxy) is 2. The van der Waals surface area contributed by atoms with Crippen LogP contribution in [0.5, 0.6) is 0 Å². The Labute approximate surface area is 247 Å². The first-order chi connectivity index (χ1) is 20.3. The minimum absolute atomic E-state index is 0.0271. The molecule has 2 aromatic rings. The van der Waals surface area contributed by atoms with Crippen LogP contribution < -0.4 is 10.6 Å². The number of anilines is 2. The standard InChI is InChI=1S/C30H44N8O4/c1-19(2)22-15-31-38-26(14-25(33-29(22)38)32-20-8-12-41-13-9-20)34-28-23-17-37(18-24(23)28)30(40)42-21-7-11-36(16-21)27(39)6-5-10-35(3)4/h5-6,14-15,19-21,23-24,28,34H,7-13,16-18H2,1-4H3,(H,32,33)/b6-5+. The number of amides is 2. The molecule has 0 bridgehead atoms. The van der Waals surface area contributed by atoms with Crippen molar-refractivity contribution >= 4 is 29.3 Å². The van der Waals surface area contributed by atoms with Crippen molar-refractivity contribution < 1.29 is 19.1 Å². The number of aromatic nitrogens is 3. The van der Waals surface area contributed by atoms with Crippen LogP contribution in [-0.2, 0) is 14.3 Å². The summed E-state index contributed by atoms with van der Waals surface area (Å²) in [7, 11) is 3.92. The highest BCUT2D eigenvalue weighted by Gasteiger charge is 2.57. The monoisotopic (exact) mass is 580 g/mol. The quantitative estimate of drug-likeness (QED) is 0.432. The van der Waals surface area contributed by atoms with Crippen molar-refractivity contribution in [2.75, 3.05) is 70.7 Å². The molecule has 3 unspecified atom stereocenters. The van der Waals surface area contributed by atoms with Crippen LogP contribution in [0.4, 0.5) is 16.4 Å². The average Bonchev–Trinajstić information content (AvgIpc) is 3.43. The Kier molecular flexibility index (Phi) is 8.26. The van der Waals surface area contributed by atoms with Gasteiger partial charge in [0.1, 0.15) is 17.7 Å². The maximum absolute atomic E-state index is 13.0. The SMILES string of the molecule is CC(C)c1cnn2c(NC3C4CN(C(=O)OC5CCN(C(=O)/C=C/CN(C)C)C5)CC43)cc(NC3CCOCC3)nc12. The molecule has 4 fully saturated rings. The Balaban J connectivity index is 1.04. The van der Waals surface area contributed by atoms with Crippen LogP contribution >= 0.6 is 0 Å². The van der Waals surface area contributed by atoms with Gasteiger partial charge in [-0.1, -0.05) is 19.9 Å². The van der Waals surface area contributed by atoms with Crippen LogP contribution in [0.15, 0.2) is 24.4 Å². The molecule has 3 atom stereocenters. The molecule has 0 radical (unpaired) electrons. The van der Waals surface area contributed by atoms with Crippen molar-refractivity contribution in [2.45, 2.75) is 57.2 Å². The van der Waals surface area contributed by atoms with Gasteiger partial charge in [-0.3, -0.25) is 4.79 Å². The minimum Gasteiger partial charge on any atom is -0.444 e. The maximum Gasteiger partial charge on any atom is 0.410 e. The van der Waals surface area contributed by atoms with Crippen molar-refractivity contribution in [2.24, 2.45) is 11.8 Å². The number of hydrogen-bond donors (Lipinski definition) is 2. The third-order valence-electron chi connectivity index (χ3n) is 8.92. The van der Waals surface area contributed by atoms with Crippen LogP contribution in [0, 0.1) is 11.8 Å². The van der Waals surface area contributed by atoms with E-state index in [-0.39, 0.29) is 24.1 Å². The summed E-state index contributed by atoms with van der Waals surface area (Å²) in [5, 5.41) is 12.0. The first-order valence-electron chi connectivity index (χ1n) is 15.3. The molecule has 5 heterocycles. The Morgan fingerprint density at radius 3 is 2.60 bits per heavy atom. The lowest BCUT2D eigenvalue weighted by Crippen LogP contribution is -2.37. The third kappa shape index (κ3) is 6.19. The van der Waals surface area contributed by atoms with Gasteiger partial charge in [0.15, 0.2) is 5.65 Å². The highest BCUT2D eigenvalue weighted by atomic mass is 16.6. The van der Waals surface area contributed by atoms with Gasteiger partial charge in [-0.25, -0.2) is 9.78 Å². The van der Waals surface area contributed by atoms with Gasteiger partial charge in [0, 0.05) is 87.4 Å². The van der Waals surface area contributed by atoms with Gasteiger partial charge in [0.2, 0.25) is 5.91 Å². The molecule has 2 aromatic heterocycles. The average molecular weight is 581 g/mol. The second kappa shape index (κ2) is 12.1. The molecule has 0 aromatic carbocycles. The number of hydrogen-bond acceptors (Lipinski definition) is 9. The van der Waals surface area contributed by atoms with Crippen molar-refractivity contribution in [3.63, 3.8) is 0 Å². The first-order valence-corrected chi connectivity index (χ1v) is 15.3. The Hall–Kier alpha value is -3.38. The summed E-state index contributed by atoms with van der Waals surface area (Å²) in [4.78, 5) is 35.9. The number of likely N-dealkylation sites (tertiary alicyclic amines) is 2. The zero-order valence-electron chi connectivity index (χ0n) is 25.2. The fourth-order valence-corrected chi connectivity index (χ4v) is 6.39. The Morgan fingerprint density at radius 1 is 1.12 bits per heavy atom. The van der Waals surface area contributed by atoms with Crippen LogP contribution in [0.25, 0.3) is 5.65 Å². The van der Waals surface area contributed by atoms with E-state index in [1.165, 1.54) is 0 Å². The number of nitrogens with zero attached hydrogens (tertiary/aromatic N) is 6. The van der Waals surface area contributed by atoms with Gasteiger partial charge in [-0.15, -0.1) is 0 Å². The summed E-state index contributed by atoms with van der Waals surface area (Å²) < 4.78 is 13.2. The van der Waals surface area contributed by atoms with E-state index < -0.39 is 0 Å².